The lowest BCUT2D eigenvalue weighted by atomic mass is 9.71. The minimum atomic E-state index is 0.785. The van der Waals surface area contributed by atoms with Crippen molar-refractivity contribution in [2.24, 2.45) is 23.7 Å². The Bertz CT molecular complexity index is 210. The summed E-state index contributed by atoms with van der Waals surface area (Å²) in [5.74, 6) is 3.61. The lowest BCUT2D eigenvalue weighted by Crippen LogP contribution is -2.45. The van der Waals surface area contributed by atoms with Gasteiger partial charge in [-0.1, -0.05) is 60.3 Å². The third-order valence-electron chi connectivity index (χ3n) is 5.25. The van der Waals surface area contributed by atoms with Crippen LogP contribution in [0.3, 0.4) is 0 Å². The summed E-state index contributed by atoms with van der Waals surface area (Å²) in [6, 6.07) is 0.785. The van der Waals surface area contributed by atoms with E-state index in [0.29, 0.717) is 0 Å². The largest absolute Gasteiger partial charge is 0.313 e. The molecule has 0 amide bonds. The Morgan fingerprint density at radius 3 is 2.28 bits per heavy atom. The first-order valence-electron chi connectivity index (χ1n) is 8.35. The summed E-state index contributed by atoms with van der Waals surface area (Å²) >= 11 is 0. The Morgan fingerprint density at radius 1 is 1.06 bits per heavy atom. The topological polar surface area (TPSA) is 12.0 Å². The third kappa shape index (κ3) is 4.57. The maximum Gasteiger partial charge on any atom is 0.0101 e. The van der Waals surface area contributed by atoms with E-state index in [1.54, 1.807) is 0 Å². The molecule has 0 aromatic heterocycles. The second-order valence-corrected chi connectivity index (χ2v) is 6.69. The Balaban J connectivity index is 2.55. The predicted molar refractivity (Wildman–Crippen MR) is 81.8 cm³/mol. The minimum Gasteiger partial charge on any atom is -0.313 e. The molecule has 4 atom stereocenters. The molecular weight excluding hydrogens is 218 g/mol. The summed E-state index contributed by atoms with van der Waals surface area (Å²) in [6.07, 6.45) is 8.31. The van der Waals surface area contributed by atoms with Crippen molar-refractivity contribution >= 4 is 0 Å². The van der Waals surface area contributed by atoms with Gasteiger partial charge >= 0.3 is 0 Å². The fourth-order valence-electron chi connectivity index (χ4n) is 3.59. The average Bonchev–Trinajstić information content (AvgIpc) is 2.39. The molecule has 0 aromatic carbocycles. The van der Waals surface area contributed by atoms with Gasteiger partial charge in [0.15, 0.2) is 0 Å². The highest BCUT2D eigenvalue weighted by Crippen LogP contribution is 2.36. The molecular formula is C17H35N. The van der Waals surface area contributed by atoms with Gasteiger partial charge < -0.3 is 5.32 Å². The molecule has 1 aliphatic rings. The van der Waals surface area contributed by atoms with Gasteiger partial charge in [-0.2, -0.15) is 0 Å². The van der Waals surface area contributed by atoms with Gasteiger partial charge in [0.25, 0.3) is 0 Å². The van der Waals surface area contributed by atoms with Gasteiger partial charge in [0.2, 0.25) is 0 Å². The van der Waals surface area contributed by atoms with Crippen molar-refractivity contribution in [1.29, 1.82) is 0 Å². The molecule has 4 unspecified atom stereocenters. The van der Waals surface area contributed by atoms with Gasteiger partial charge in [0, 0.05) is 6.04 Å². The summed E-state index contributed by atoms with van der Waals surface area (Å²) in [6.45, 7) is 13.1. The summed E-state index contributed by atoms with van der Waals surface area (Å²) in [7, 11) is 0. The Labute approximate surface area is 115 Å². The molecule has 1 heteroatoms. The molecule has 1 fully saturated rings. The zero-order valence-corrected chi connectivity index (χ0v) is 13.3. The van der Waals surface area contributed by atoms with Crippen LogP contribution in [0.15, 0.2) is 0 Å². The molecule has 18 heavy (non-hydrogen) atoms. The maximum absolute atomic E-state index is 3.90. The van der Waals surface area contributed by atoms with Crippen molar-refractivity contribution in [3.63, 3.8) is 0 Å². The fraction of sp³-hybridized carbons (Fsp3) is 1.00. The van der Waals surface area contributed by atoms with E-state index < -0.39 is 0 Å². The van der Waals surface area contributed by atoms with Crippen molar-refractivity contribution < 1.29 is 0 Å². The molecule has 0 bridgehead atoms. The molecule has 1 rings (SSSR count). The Hall–Kier alpha value is -0.0400. The zero-order valence-electron chi connectivity index (χ0n) is 13.3. The second kappa shape index (κ2) is 8.19. The molecule has 1 nitrogen and oxygen atoms in total. The van der Waals surface area contributed by atoms with E-state index in [9.17, 15) is 0 Å². The Kier molecular flexibility index (Phi) is 7.29. The molecule has 0 spiro atoms. The first-order valence-corrected chi connectivity index (χ1v) is 8.35. The second-order valence-electron chi connectivity index (χ2n) is 6.69. The molecule has 0 heterocycles. The van der Waals surface area contributed by atoms with Gasteiger partial charge in [-0.3, -0.25) is 0 Å². The van der Waals surface area contributed by atoms with Crippen LogP contribution in [0.25, 0.3) is 0 Å². The van der Waals surface area contributed by atoms with Crippen LogP contribution in [-0.4, -0.2) is 12.6 Å². The van der Waals surface area contributed by atoms with Crippen LogP contribution < -0.4 is 5.32 Å². The van der Waals surface area contributed by atoms with Crippen molar-refractivity contribution in [2.75, 3.05) is 6.54 Å². The highest BCUT2D eigenvalue weighted by Gasteiger charge is 2.32. The van der Waals surface area contributed by atoms with E-state index in [1.807, 2.05) is 0 Å². The molecule has 0 radical (unpaired) electrons. The van der Waals surface area contributed by atoms with E-state index in [2.05, 4.69) is 39.9 Å². The zero-order chi connectivity index (χ0) is 13.5. The van der Waals surface area contributed by atoms with Crippen LogP contribution in [0.1, 0.15) is 73.1 Å². The van der Waals surface area contributed by atoms with Crippen molar-refractivity contribution in [3.05, 3.63) is 0 Å². The van der Waals surface area contributed by atoms with E-state index >= 15 is 0 Å². The lowest BCUT2D eigenvalue weighted by Gasteiger charge is -2.40. The number of hydrogen-bond donors (Lipinski definition) is 1. The van der Waals surface area contributed by atoms with E-state index in [4.69, 9.17) is 0 Å². The summed E-state index contributed by atoms with van der Waals surface area (Å²) < 4.78 is 0. The monoisotopic (exact) mass is 253 g/mol. The summed E-state index contributed by atoms with van der Waals surface area (Å²) in [5, 5.41) is 3.90. The highest BCUT2D eigenvalue weighted by molar-refractivity contribution is 4.87. The van der Waals surface area contributed by atoms with E-state index in [-0.39, 0.29) is 0 Å². The molecule has 108 valence electrons. The first kappa shape index (κ1) is 16.0. The standard InChI is InChI=1S/C17H35N/c1-6-13(4)12-18-17-11-14(5)9-10-16(17)15(7-2)8-3/h13-18H,6-12H2,1-5H3. The van der Waals surface area contributed by atoms with Crippen molar-refractivity contribution in [3.8, 4) is 0 Å². The predicted octanol–water partition coefficient (Wildman–Crippen LogP) is 4.86. The Morgan fingerprint density at radius 2 is 1.72 bits per heavy atom. The maximum atomic E-state index is 3.90. The van der Waals surface area contributed by atoms with Crippen LogP contribution in [-0.2, 0) is 0 Å². The van der Waals surface area contributed by atoms with Crippen LogP contribution >= 0.6 is 0 Å². The molecule has 0 saturated heterocycles. The molecule has 0 aromatic rings. The fourth-order valence-corrected chi connectivity index (χ4v) is 3.59. The van der Waals surface area contributed by atoms with Crippen LogP contribution in [0, 0.1) is 23.7 Å². The molecule has 1 aliphatic carbocycles. The van der Waals surface area contributed by atoms with Gasteiger partial charge in [-0.15, -0.1) is 0 Å². The van der Waals surface area contributed by atoms with Crippen LogP contribution in [0.4, 0.5) is 0 Å². The van der Waals surface area contributed by atoms with Crippen molar-refractivity contribution in [2.45, 2.75) is 79.2 Å². The van der Waals surface area contributed by atoms with Gasteiger partial charge in [-0.05, 0) is 43.1 Å². The van der Waals surface area contributed by atoms with E-state index in [0.717, 1.165) is 29.7 Å². The first-order chi connectivity index (χ1) is 8.62. The van der Waals surface area contributed by atoms with Gasteiger partial charge in [0.05, 0.1) is 0 Å². The molecule has 0 aliphatic heterocycles. The van der Waals surface area contributed by atoms with Crippen LogP contribution in [0.5, 0.6) is 0 Å². The molecule has 1 N–H and O–H groups in total. The number of nitrogens with one attached hydrogen (secondary N) is 1. The molecule has 1 saturated carbocycles. The number of hydrogen-bond acceptors (Lipinski definition) is 1. The SMILES string of the molecule is CCC(C)CNC1CC(C)CCC1C(CC)CC. The van der Waals surface area contributed by atoms with Crippen LogP contribution in [0.2, 0.25) is 0 Å². The third-order valence-corrected chi connectivity index (χ3v) is 5.25. The smallest absolute Gasteiger partial charge is 0.0101 e. The minimum absolute atomic E-state index is 0.785. The average molecular weight is 253 g/mol. The lowest BCUT2D eigenvalue weighted by molar-refractivity contribution is 0.144. The highest BCUT2D eigenvalue weighted by atomic mass is 14.9. The van der Waals surface area contributed by atoms with Crippen molar-refractivity contribution in [1.82, 2.24) is 5.32 Å². The summed E-state index contributed by atoms with van der Waals surface area (Å²) in [5.41, 5.74) is 0. The normalized spacial score (nSPS) is 30.7. The van der Waals surface area contributed by atoms with Gasteiger partial charge in [0.1, 0.15) is 0 Å². The quantitative estimate of drug-likeness (QED) is 0.683. The number of rotatable bonds is 7. The van der Waals surface area contributed by atoms with Gasteiger partial charge in [-0.25, -0.2) is 0 Å². The summed E-state index contributed by atoms with van der Waals surface area (Å²) in [4.78, 5) is 0. The van der Waals surface area contributed by atoms with E-state index in [1.165, 1.54) is 45.1 Å².